The molecular formula is C6H7N2O2S-. The molecule has 0 saturated heterocycles. The van der Waals surface area contributed by atoms with E-state index in [1.54, 1.807) is 24.3 Å². The van der Waals surface area contributed by atoms with Gasteiger partial charge in [-0.1, -0.05) is 0 Å². The number of anilines is 2. The van der Waals surface area contributed by atoms with Gasteiger partial charge in [-0.2, -0.15) is 0 Å². The maximum absolute atomic E-state index is 10.1. The molecule has 60 valence electrons. The summed E-state index contributed by atoms with van der Waals surface area (Å²) in [5.74, 6) is 0. The van der Waals surface area contributed by atoms with Crippen LogP contribution in [0.25, 0.3) is 0 Å². The molecule has 0 fully saturated rings. The highest BCUT2D eigenvalue weighted by atomic mass is 32.2. The van der Waals surface area contributed by atoms with E-state index in [0.717, 1.165) is 0 Å². The molecule has 0 radical (unpaired) electrons. The third-order valence-corrected chi connectivity index (χ3v) is 1.51. The Hall–Kier alpha value is -1.07. The number of nitrogen functional groups attached to an aromatic ring is 1. The number of hydrogen-bond donors (Lipinski definition) is 2. The molecule has 1 aromatic carbocycles. The summed E-state index contributed by atoms with van der Waals surface area (Å²) >= 11 is -2.26. The van der Waals surface area contributed by atoms with Crippen LogP contribution in [0, 0.1) is 0 Å². The first-order valence-electron chi connectivity index (χ1n) is 2.90. The first-order valence-corrected chi connectivity index (χ1v) is 3.97. The van der Waals surface area contributed by atoms with E-state index in [1.165, 1.54) is 0 Å². The summed E-state index contributed by atoms with van der Waals surface area (Å²) in [5, 5.41) is 0. The second-order valence-corrected chi connectivity index (χ2v) is 2.63. The Morgan fingerprint density at radius 1 is 1.36 bits per heavy atom. The maximum Gasteiger partial charge on any atom is 0.0453 e. The predicted octanol–water partition coefficient (Wildman–Crippen LogP) is 0.475. The molecule has 0 aliphatic carbocycles. The molecule has 1 aromatic rings. The van der Waals surface area contributed by atoms with Crippen LogP contribution in [0.1, 0.15) is 0 Å². The van der Waals surface area contributed by atoms with E-state index in [4.69, 9.17) is 5.73 Å². The SMILES string of the molecule is Nc1ccc(NS(=O)[O-])cc1. The highest BCUT2D eigenvalue weighted by Gasteiger charge is 1.88. The fourth-order valence-corrected chi connectivity index (χ4v) is 0.976. The Balaban J connectivity index is 2.74. The van der Waals surface area contributed by atoms with Crippen molar-refractivity contribution >= 4 is 22.6 Å². The van der Waals surface area contributed by atoms with Crippen molar-refractivity contribution in [3.8, 4) is 0 Å². The van der Waals surface area contributed by atoms with E-state index in [2.05, 4.69) is 4.72 Å². The number of rotatable bonds is 2. The molecule has 1 atom stereocenters. The number of benzene rings is 1. The lowest BCUT2D eigenvalue weighted by Crippen LogP contribution is -2.01. The number of hydrogen-bond acceptors (Lipinski definition) is 3. The Morgan fingerprint density at radius 2 is 1.91 bits per heavy atom. The third kappa shape index (κ3) is 2.57. The van der Waals surface area contributed by atoms with Crippen molar-refractivity contribution in [1.29, 1.82) is 0 Å². The van der Waals surface area contributed by atoms with Crippen LogP contribution in [0.5, 0.6) is 0 Å². The standard InChI is InChI=1S/C6H8N2O2S/c7-5-1-3-6(4-2-5)8-11(9)10/h1-4,8H,7H2,(H,9,10)/p-1. The molecule has 0 saturated carbocycles. The van der Waals surface area contributed by atoms with E-state index in [9.17, 15) is 8.76 Å². The molecule has 0 amide bonds. The van der Waals surface area contributed by atoms with Crippen molar-refractivity contribution in [2.24, 2.45) is 0 Å². The zero-order valence-corrected chi connectivity index (χ0v) is 6.43. The van der Waals surface area contributed by atoms with Gasteiger partial charge < -0.3 is 15.0 Å². The van der Waals surface area contributed by atoms with Crippen LogP contribution >= 0.6 is 0 Å². The molecule has 0 spiro atoms. The van der Waals surface area contributed by atoms with Gasteiger partial charge in [0, 0.05) is 22.6 Å². The van der Waals surface area contributed by atoms with Crippen LogP contribution in [-0.2, 0) is 11.3 Å². The molecule has 0 aromatic heterocycles. The first-order chi connectivity index (χ1) is 5.18. The highest BCUT2D eigenvalue weighted by molar-refractivity contribution is 7.80. The summed E-state index contributed by atoms with van der Waals surface area (Å²) in [5.41, 5.74) is 6.49. The van der Waals surface area contributed by atoms with Crippen LogP contribution in [0.2, 0.25) is 0 Å². The van der Waals surface area contributed by atoms with Crippen molar-refractivity contribution in [2.45, 2.75) is 0 Å². The minimum absolute atomic E-state index is 0.507. The lowest BCUT2D eigenvalue weighted by atomic mass is 10.3. The highest BCUT2D eigenvalue weighted by Crippen LogP contribution is 2.10. The van der Waals surface area contributed by atoms with Crippen LogP contribution in [-0.4, -0.2) is 8.76 Å². The maximum atomic E-state index is 10.1. The Bertz CT molecular complexity index is 260. The van der Waals surface area contributed by atoms with Gasteiger partial charge in [0.15, 0.2) is 0 Å². The van der Waals surface area contributed by atoms with E-state index in [1.807, 2.05) is 0 Å². The van der Waals surface area contributed by atoms with Crippen molar-refractivity contribution in [3.05, 3.63) is 24.3 Å². The normalized spacial score (nSPS) is 12.5. The first kappa shape index (κ1) is 8.03. The van der Waals surface area contributed by atoms with E-state index in [-0.39, 0.29) is 0 Å². The van der Waals surface area contributed by atoms with Gasteiger partial charge in [0.05, 0.1) is 0 Å². The lowest BCUT2D eigenvalue weighted by Gasteiger charge is -2.07. The van der Waals surface area contributed by atoms with E-state index in [0.29, 0.717) is 11.4 Å². The second-order valence-electron chi connectivity index (χ2n) is 1.96. The van der Waals surface area contributed by atoms with Gasteiger partial charge in [-0.05, 0) is 24.3 Å². The summed E-state index contributed by atoms with van der Waals surface area (Å²) in [4.78, 5) is 0. The molecule has 1 rings (SSSR count). The topological polar surface area (TPSA) is 78.2 Å². The molecule has 0 aliphatic rings. The Labute approximate surface area is 66.8 Å². The van der Waals surface area contributed by atoms with E-state index < -0.39 is 11.3 Å². The summed E-state index contributed by atoms with van der Waals surface area (Å²) in [7, 11) is 0. The predicted molar refractivity (Wildman–Crippen MR) is 43.4 cm³/mol. The molecule has 0 aliphatic heterocycles. The van der Waals surface area contributed by atoms with Crippen molar-refractivity contribution < 1.29 is 8.76 Å². The molecule has 5 heteroatoms. The van der Waals surface area contributed by atoms with Gasteiger partial charge in [0.2, 0.25) is 0 Å². The number of nitrogens with one attached hydrogen (secondary N) is 1. The number of nitrogens with two attached hydrogens (primary N) is 1. The summed E-state index contributed by atoms with van der Waals surface area (Å²) in [6.07, 6.45) is 0. The van der Waals surface area contributed by atoms with Crippen molar-refractivity contribution in [2.75, 3.05) is 10.5 Å². The van der Waals surface area contributed by atoms with Crippen molar-refractivity contribution in [1.82, 2.24) is 0 Å². The minimum Gasteiger partial charge on any atom is -0.755 e. The lowest BCUT2D eigenvalue weighted by molar-refractivity contribution is 0.542. The average Bonchev–Trinajstić information content (AvgIpc) is 1.93. The van der Waals surface area contributed by atoms with Gasteiger partial charge in [0.1, 0.15) is 0 Å². The molecule has 1 unspecified atom stereocenters. The molecule has 0 heterocycles. The zero-order chi connectivity index (χ0) is 8.27. The van der Waals surface area contributed by atoms with Gasteiger partial charge >= 0.3 is 0 Å². The summed E-state index contributed by atoms with van der Waals surface area (Å²) in [6, 6.07) is 6.42. The van der Waals surface area contributed by atoms with Gasteiger partial charge in [-0.25, -0.2) is 0 Å². The van der Waals surface area contributed by atoms with Gasteiger partial charge in [0.25, 0.3) is 0 Å². The molecule has 3 N–H and O–H groups in total. The molecular weight excluding hydrogens is 164 g/mol. The van der Waals surface area contributed by atoms with Crippen LogP contribution < -0.4 is 10.5 Å². The Morgan fingerprint density at radius 3 is 2.36 bits per heavy atom. The summed E-state index contributed by atoms with van der Waals surface area (Å²) < 4.78 is 22.4. The monoisotopic (exact) mass is 171 g/mol. The third-order valence-electron chi connectivity index (χ3n) is 1.11. The van der Waals surface area contributed by atoms with Crippen molar-refractivity contribution in [3.63, 3.8) is 0 Å². The van der Waals surface area contributed by atoms with Crippen LogP contribution in [0.3, 0.4) is 0 Å². The van der Waals surface area contributed by atoms with Gasteiger partial charge in [-0.15, -0.1) is 0 Å². The smallest absolute Gasteiger partial charge is 0.0453 e. The van der Waals surface area contributed by atoms with E-state index >= 15 is 0 Å². The molecule has 4 nitrogen and oxygen atoms in total. The molecule has 11 heavy (non-hydrogen) atoms. The van der Waals surface area contributed by atoms with Crippen LogP contribution in [0.4, 0.5) is 11.4 Å². The molecule has 0 bridgehead atoms. The minimum atomic E-state index is -2.26. The van der Waals surface area contributed by atoms with Crippen LogP contribution in [0.15, 0.2) is 24.3 Å². The summed E-state index contributed by atoms with van der Waals surface area (Å²) in [6.45, 7) is 0. The quantitative estimate of drug-likeness (QED) is 0.501. The zero-order valence-electron chi connectivity index (χ0n) is 5.61. The Kier molecular flexibility index (Phi) is 2.45. The fourth-order valence-electron chi connectivity index (χ4n) is 0.647. The largest absolute Gasteiger partial charge is 0.755 e. The average molecular weight is 171 g/mol. The van der Waals surface area contributed by atoms with Gasteiger partial charge in [-0.3, -0.25) is 4.21 Å². The fraction of sp³-hybridized carbons (Fsp3) is 0. The second kappa shape index (κ2) is 3.36.